The molecule has 3 rings (SSSR count). The van der Waals surface area contributed by atoms with Crippen LogP contribution in [0, 0.1) is 18.3 Å². The SMILES string of the molecule is Cc1cccc(-c2cnc(C3(C#N)CC3)[nH]2)c1. The van der Waals surface area contributed by atoms with E-state index in [1.807, 2.05) is 12.3 Å². The average molecular weight is 223 g/mol. The first-order valence-electron chi connectivity index (χ1n) is 5.77. The van der Waals surface area contributed by atoms with Gasteiger partial charge in [0.25, 0.3) is 0 Å². The summed E-state index contributed by atoms with van der Waals surface area (Å²) in [6, 6.07) is 10.6. The van der Waals surface area contributed by atoms with E-state index in [1.54, 1.807) is 0 Å². The second kappa shape index (κ2) is 3.46. The third kappa shape index (κ3) is 1.62. The van der Waals surface area contributed by atoms with Crippen LogP contribution in [-0.4, -0.2) is 9.97 Å². The van der Waals surface area contributed by atoms with Crippen molar-refractivity contribution in [3.63, 3.8) is 0 Å². The van der Waals surface area contributed by atoms with Gasteiger partial charge in [0.05, 0.1) is 18.0 Å². The zero-order valence-electron chi connectivity index (χ0n) is 9.70. The van der Waals surface area contributed by atoms with Crippen molar-refractivity contribution < 1.29 is 0 Å². The van der Waals surface area contributed by atoms with Gasteiger partial charge in [-0.2, -0.15) is 5.26 Å². The predicted octanol–water partition coefficient (Wildman–Crippen LogP) is 2.94. The number of nitrogens with one attached hydrogen (secondary N) is 1. The van der Waals surface area contributed by atoms with Crippen LogP contribution in [0.4, 0.5) is 0 Å². The summed E-state index contributed by atoms with van der Waals surface area (Å²) in [6.07, 6.45) is 3.66. The Balaban J connectivity index is 1.99. The second-order valence-electron chi connectivity index (χ2n) is 4.71. The Morgan fingerprint density at radius 2 is 2.24 bits per heavy atom. The van der Waals surface area contributed by atoms with E-state index in [9.17, 15) is 0 Å². The largest absolute Gasteiger partial charge is 0.341 e. The second-order valence-corrected chi connectivity index (χ2v) is 4.71. The lowest BCUT2D eigenvalue weighted by molar-refractivity contribution is 0.822. The molecule has 0 radical (unpaired) electrons. The number of imidazole rings is 1. The van der Waals surface area contributed by atoms with Gasteiger partial charge in [-0.3, -0.25) is 0 Å². The van der Waals surface area contributed by atoms with Gasteiger partial charge in [0, 0.05) is 0 Å². The number of hydrogen-bond donors (Lipinski definition) is 1. The molecule has 0 saturated heterocycles. The van der Waals surface area contributed by atoms with Gasteiger partial charge in [-0.1, -0.05) is 23.8 Å². The Morgan fingerprint density at radius 3 is 2.88 bits per heavy atom. The van der Waals surface area contributed by atoms with Crippen LogP contribution in [0.1, 0.15) is 24.2 Å². The molecule has 3 nitrogen and oxygen atoms in total. The standard InChI is InChI=1S/C14H13N3/c1-10-3-2-4-11(7-10)12-8-16-13(17-12)14(9-15)5-6-14/h2-4,7-8H,5-6H2,1H3,(H,16,17). The zero-order chi connectivity index (χ0) is 11.9. The fourth-order valence-corrected chi connectivity index (χ4v) is 2.05. The van der Waals surface area contributed by atoms with Crippen LogP contribution in [0.25, 0.3) is 11.3 Å². The normalized spacial score (nSPS) is 16.5. The number of nitrogens with zero attached hydrogens (tertiary/aromatic N) is 2. The van der Waals surface area contributed by atoms with Crippen molar-refractivity contribution in [3.05, 3.63) is 41.9 Å². The number of nitriles is 1. The lowest BCUT2D eigenvalue weighted by Gasteiger charge is -2.01. The first-order chi connectivity index (χ1) is 8.23. The van der Waals surface area contributed by atoms with Crippen molar-refractivity contribution in [1.82, 2.24) is 9.97 Å². The van der Waals surface area contributed by atoms with Crippen LogP contribution in [-0.2, 0) is 5.41 Å². The van der Waals surface area contributed by atoms with Crippen LogP contribution < -0.4 is 0 Å². The summed E-state index contributed by atoms with van der Waals surface area (Å²) >= 11 is 0. The predicted molar refractivity (Wildman–Crippen MR) is 65.3 cm³/mol. The summed E-state index contributed by atoms with van der Waals surface area (Å²) in [5.41, 5.74) is 3.00. The summed E-state index contributed by atoms with van der Waals surface area (Å²) in [4.78, 5) is 7.63. The third-order valence-corrected chi connectivity index (χ3v) is 3.32. The Bertz CT molecular complexity index is 600. The van der Waals surface area contributed by atoms with Crippen LogP contribution >= 0.6 is 0 Å². The first kappa shape index (κ1) is 10.1. The molecule has 0 aliphatic heterocycles. The van der Waals surface area contributed by atoms with Crippen LogP contribution in [0.3, 0.4) is 0 Å². The monoisotopic (exact) mass is 223 g/mol. The van der Waals surface area contributed by atoms with Crippen molar-refractivity contribution in [2.75, 3.05) is 0 Å². The van der Waals surface area contributed by atoms with Gasteiger partial charge in [0.15, 0.2) is 0 Å². The summed E-state index contributed by atoms with van der Waals surface area (Å²) in [7, 11) is 0. The maximum absolute atomic E-state index is 9.12. The highest BCUT2D eigenvalue weighted by molar-refractivity contribution is 5.60. The molecule has 17 heavy (non-hydrogen) atoms. The number of aryl methyl sites for hydroxylation is 1. The fourth-order valence-electron chi connectivity index (χ4n) is 2.05. The minimum Gasteiger partial charge on any atom is -0.341 e. The number of rotatable bonds is 2. The highest BCUT2D eigenvalue weighted by Gasteiger charge is 2.47. The minimum absolute atomic E-state index is 0.331. The van der Waals surface area contributed by atoms with E-state index in [1.165, 1.54) is 5.56 Å². The van der Waals surface area contributed by atoms with E-state index in [0.717, 1.165) is 29.9 Å². The van der Waals surface area contributed by atoms with E-state index < -0.39 is 0 Å². The molecule has 0 amide bonds. The third-order valence-electron chi connectivity index (χ3n) is 3.32. The average Bonchev–Trinajstić information content (AvgIpc) is 2.99. The maximum Gasteiger partial charge on any atom is 0.127 e. The molecule has 2 aromatic rings. The molecule has 0 spiro atoms. The van der Waals surface area contributed by atoms with Gasteiger partial charge in [0.1, 0.15) is 11.2 Å². The number of H-pyrrole nitrogens is 1. The lowest BCUT2D eigenvalue weighted by atomic mass is 10.1. The van der Waals surface area contributed by atoms with E-state index in [-0.39, 0.29) is 5.41 Å². The number of aromatic nitrogens is 2. The molecule has 1 N–H and O–H groups in total. The number of hydrogen-bond acceptors (Lipinski definition) is 2. The summed E-state index contributed by atoms with van der Waals surface area (Å²) in [5.74, 6) is 0.816. The molecule has 1 aliphatic rings. The Labute approximate surface area is 100 Å². The van der Waals surface area contributed by atoms with Gasteiger partial charge in [0.2, 0.25) is 0 Å². The van der Waals surface area contributed by atoms with Crippen LogP contribution in [0.5, 0.6) is 0 Å². The molecular formula is C14H13N3. The molecule has 1 fully saturated rings. The Hall–Kier alpha value is -2.08. The highest BCUT2D eigenvalue weighted by atomic mass is 15.0. The highest BCUT2D eigenvalue weighted by Crippen LogP contribution is 2.46. The summed E-state index contributed by atoms with van der Waals surface area (Å²) in [5, 5.41) is 9.12. The van der Waals surface area contributed by atoms with Crippen molar-refractivity contribution in [2.45, 2.75) is 25.2 Å². The number of benzene rings is 1. The molecule has 0 unspecified atom stereocenters. The Kier molecular flexibility index (Phi) is 2.05. The van der Waals surface area contributed by atoms with Gasteiger partial charge < -0.3 is 4.98 Å². The molecule has 1 aromatic heterocycles. The van der Waals surface area contributed by atoms with Crippen LogP contribution in [0.2, 0.25) is 0 Å². The van der Waals surface area contributed by atoms with Gasteiger partial charge >= 0.3 is 0 Å². The zero-order valence-corrected chi connectivity index (χ0v) is 9.70. The molecule has 1 aliphatic carbocycles. The molecule has 1 saturated carbocycles. The van der Waals surface area contributed by atoms with Gasteiger partial charge in [-0.15, -0.1) is 0 Å². The van der Waals surface area contributed by atoms with Crippen molar-refractivity contribution >= 4 is 0 Å². The fraction of sp³-hybridized carbons (Fsp3) is 0.286. The van der Waals surface area contributed by atoms with E-state index in [2.05, 4.69) is 41.2 Å². The van der Waals surface area contributed by atoms with Gasteiger partial charge in [-0.05, 0) is 31.4 Å². The van der Waals surface area contributed by atoms with Gasteiger partial charge in [-0.25, -0.2) is 4.98 Å². The minimum atomic E-state index is -0.331. The van der Waals surface area contributed by atoms with E-state index in [4.69, 9.17) is 5.26 Å². The number of aromatic amines is 1. The quantitative estimate of drug-likeness (QED) is 0.851. The topological polar surface area (TPSA) is 52.5 Å². The molecule has 1 aromatic carbocycles. The molecular weight excluding hydrogens is 210 g/mol. The Morgan fingerprint density at radius 1 is 1.41 bits per heavy atom. The molecule has 0 atom stereocenters. The van der Waals surface area contributed by atoms with Crippen molar-refractivity contribution in [2.24, 2.45) is 0 Å². The smallest absolute Gasteiger partial charge is 0.127 e. The van der Waals surface area contributed by atoms with E-state index in [0.29, 0.717) is 0 Å². The van der Waals surface area contributed by atoms with Crippen LogP contribution in [0.15, 0.2) is 30.5 Å². The van der Waals surface area contributed by atoms with Crippen molar-refractivity contribution in [1.29, 1.82) is 5.26 Å². The molecule has 1 heterocycles. The van der Waals surface area contributed by atoms with E-state index >= 15 is 0 Å². The molecule has 3 heteroatoms. The molecule has 0 bridgehead atoms. The first-order valence-corrected chi connectivity index (χ1v) is 5.77. The maximum atomic E-state index is 9.12. The van der Waals surface area contributed by atoms with Crippen molar-refractivity contribution in [3.8, 4) is 17.3 Å². The summed E-state index contributed by atoms with van der Waals surface area (Å²) in [6.45, 7) is 2.07. The molecule has 84 valence electrons. The summed E-state index contributed by atoms with van der Waals surface area (Å²) < 4.78 is 0. The lowest BCUT2D eigenvalue weighted by Crippen LogP contribution is -2.04.